The minimum atomic E-state index is 0.452. The predicted octanol–water partition coefficient (Wildman–Crippen LogP) is 3.78. The summed E-state index contributed by atoms with van der Waals surface area (Å²) in [6.07, 6.45) is 5.33. The van der Waals surface area contributed by atoms with Gasteiger partial charge in [-0.2, -0.15) is 5.10 Å². The second-order valence-electron chi connectivity index (χ2n) is 4.05. The summed E-state index contributed by atoms with van der Waals surface area (Å²) < 4.78 is 8.96. The molecule has 1 rings (SSSR count). The van der Waals surface area contributed by atoms with E-state index in [1.807, 2.05) is 6.20 Å². The van der Waals surface area contributed by atoms with E-state index in [0.717, 1.165) is 19.4 Å². The van der Waals surface area contributed by atoms with Crippen LogP contribution < -0.4 is 0 Å². The first-order valence-electron chi connectivity index (χ1n) is 6.00. The fourth-order valence-corrected chi connectivity index (χ4v) is 2.00. The Morgan fingerprint density at radius 3 is 2.88 bits per heavy atom. The lowest BCUT2D eigenvalue weighted by Gasteiger charge is -2.14. The molecule has 1 atom stereocenters. The molecule has 0 aromatic carbocycles. The van der Waals surface area contributed by atoms with Crippen LogP contribution in [0.2, 0.25) is 0 Å². The van der Waals surface area contributed by atoms with E-state index in [-0.39, 0.29) is 0 Å². The van der Waals surface area contributed by atoms with Crippen molar-refractivity contribution in [2.45, 2.75) is 52.7 Å². The Kier molecular flexibility index (Phi) is 6.34. The molecule has 1 aromatic rings. The maximum atomic E-state index is 5.67. The summed E-state index contributed by atoms with van der Waals surface area (Å²) in [6.45, 7) is 8.08. The summed E-state index contributed by atoms with van der Waals surface area (Å²) in [6, 6.07) is 0.452. The minimum Gasteiger partial charge on any atom is -0.375 e. The van der Waals surface area contributed by atoms with Gasteiger partial charge in [-0.25, -0.2) is 0 Å². The number of ether oxygens (including phenoxy) is 1. The van der Waals surface area contributed by atoms with Crippen molar-refractivity contribution < 1.29 is 4.74 Å². The van der Waals surface area contributed by atoms with Crippen molar-refractivity contribution in [1.29, 1.82) is 0 Å². The number of unbranched alkanes of at least 4 members (excludes halogenated alkanes) is 1. The third kappa shape index (κ3) is 3.73. The summed E-state index contributed by atoms with van der Waals surface area (Å²) in [7, 11) is 0. The maximum Gasteiger partial charge on any atom is 0.0895 e. The molecule has 0 aliphatic heterocycles. The van der Waals surface area contributed by atoms with E-state index in [4.69, 9.17) is 4.74 Å². The summed E-state index contributed by atoms with van der Waals surface area (Å²) in [5, 5.41) is 4.41. The monoisotopic (exact) mass is 336 g/mol. The smallest absolute Gasteiger partial charge is 0.0895 e. The van der Waals surface area contributed by atoms with E-state index in [0.29, 0.717) is 12.6 Å². The van der Waals surface area contributed by atoms with Gasteiger partial charge in [0.1, 0.15) is 0 Å². The number of rotatable bonds is 7. The molecule has 0 unspecified atom stereocenters. The van der Waals surface area contributed by atoms with Crippen molar-refractivity contribution in [2.24, 2.45) is 0 Å². The van der Waals surface area contributed by atoms with Crippen LogP contribution in [0, 0.1) is 3.57 Å². The van der Waals surface area contributed by atoms with Crippen molar-refractivity contribution in [2.75, 3.05) is 6.61 Å². The molecule has 0 aliphatic rings. The molecule has 0 bridgehead atoms. The zero-order valence-corrected chi connectivity index (χ0v) is 12.5. The van der Waals surface area contributed by atoms with Crippen LogP contribution in [-0.4, -0.2) is 16.4 Å². The fraction of sp³-hybridized carbons (Fsp3) is 0.750. The van der Waals surface area contributed by atoms with E-state index in [2.05, 4.69) is 53.1 Å². The minimum absolute atomic E-state index is 0.452. The van der Waals surface area contributed by atoms with E-state index >= 15 is 0 Å². The molecule has 0 N–H and O–H groups in total. The molecule has 92 valence electrons. The van der Waals surface area contributed by atoms with Gasteiger partial charge in [0.2, 0.25) is 0 Å². The standard InChI is InChI=1S/C12H21IN2O/c1-4-6-7-16-9-12-11(13)8-14-15(12)10(3)5-2/h8,10H,4-7,9H2,1-3H3/t10-/m1/s1. The van der Waals surface area contributed by atoms with Gasteiger partial charge in [0.25, 0.3) is 0 Å². The van der Waals surface area contributed by atoms with Gasteiger partial charge < -0.3 is 4.74 Å². The average molecular weight is 336 g/mol. The SMILES string of the molecule is CCCCOCc1c(I)cnn1[C@H](C)CC. The number of aromatic nitrogens is 2. The zero-order chi connectivity index (χ0) is 12.0. The highest BCUT2D eigenvalue weighted by molar-refractivity contribution is 14.1. The lowest BCUT2D eigenvalue weighted by Crippen LogP contribution is -2.11. The average Bonchev–Trinajstić information content (AvgIpc) is 2.65. The molecule has 4 heteroatoms. The molecule has 0 amide bonds. The van der Waals surface area contributed by atoms with Gasteiger partial charge in [-0.3, -0.25) is 4.68 Å². The Bertz CT molecular complexity index is 312. The first kappa shape index (κ1) is 14.0. The second-order valence-corrected chi connectivity index (χ2v) is 5.21. The van der Waals surface area contributed by atoms with Crippen LogP contribution in [0.4, 0.5) is 0 Å². The van der Waals surface area contributed by atoms with Crippen LogP contribution in [0.15, 0.2) is 6.20 Å². The third-order valence-electron chi connectivity index (χ3n) is 2.74. The number of hydrogen-bond donors (Lipinski definition) is 0. The van der Waals surface area contributed by atoms with Crippen molar-refractivity contribution >= 4 is 22.6 Å². The van der Waals surface area contributed by atoms with Gasteiger partial charge in [0.05, 0.1) is 22.1 Å². The lowest BCUT2D eigenvalue weighted by atomic mass is 10.2. The van der Waals surface area contributed by atoms with Gasteiger partial charge in [-0.1, -0.05) is 20.3 Å². The molecular formula is C12H21IN2O. The quantitative estimate of drug-likeness (QED) is 0.560. The number of hydrogen-bond acceptors (Lipinski definition) is 2. The third-order valence-corrected chi connectivity index (χ3v) is 3.64. The second kappa shape index (κ2) is 7.27. The van der Waals surface area contributed by atoms with Crippen LogP contribution in [-0.2, 0) is 11.3 Å². The van der Waals surface area contributed by atoms with E-state index in [9.17, 15) is 0 Å². The van der Waals surface area contributed by atoms with Crippen LogP contribution in [0.5, 0.6) is 0 Å². The molecule has 0 aliphatic carbocycles. The Labute approximate surface area is 112 Å². The molecule has 1 aromatic heterocycles. The highest BCUT2D eigenvalue weighted by Crippen LogP contribution is 2.19. The maximum absolute atomic E-state index is 5.67. The molecule has 3 nitrogen and oxygen atoms in total. The van der Waals surface area contributed by atoms with Crippen LogP contribution >= 0.6 is 22.6 Å². The number of halogens is 1. The molecule has 0 fully saturated rings. The van der Waals surface area contributed by atoms with E-state index in [1.165, 1.54) is 15.7 Å². The van der Waals surface area contributed by atoms with E-state index in [1.54, 1.807) is 0 Å². The van der Waals surface area contributed by atoms with Crippen LogP contribution in [0.3, 0.4) is 0 Å². The Morgan fingerprint density at radius 1 is 1.50 bits per heavy atom. The van der Waals surface area contributed by atoms with Gasteiger partial charge in [0.15, 0.2) is 0 Å². The van der Waals surface area contributed by atoms with Gasteiger partial charge in [0, 0.05) is 12.6 Å². The molecular weight excluding hydrogens is 315 g/mol. The predicted molar refractivity (Wildman–Crippen MR) is 74.5 cm³/mol. The molecule has 0 saturated carbocycles. The van der Waals surface area contributed by atoms with Crippen molar-refractivity contribution in [3.63, 3.8) is 0 Å². The highest BCUT2D eigenvalue weighted by atomic mass is 127. The zero-order valence-electron chi connectivity index (χ0n) is 10.4. The fourth-order valence-electron chi connectivity index (χ4n) is 1.47. The largest absolute Gasteiger partial charge is 0.375 e. The first-order chi connectivity index (χ1) is 7.70. The highest BCUT2D eigenvalue weighted by Gasteiger charge is 2.12. The lowest BCUT2D eigenvalue weighted by molar-refractivity contribution is 0.110. The molecule has 0 spiro atoms. The molecule has 0 radical (unpaired) electrons. The van der Waals surface area contributed by atoms with Gasteiger partial charge in [-0.15, -0.1) is 0 Å². The van der Waals surface area contributed by atoms with Crippen molar-refractivity contribution in [3.05, 3.63) is 15.5 Å². The summed E-state index contributed by atoms with van der Waals surface area (Å²) >= 11 is 2.33. The summed E-state index contributed by atoms with van der Waals surface area (Å²) in [5.74, 6) is 0. The van der Waals surface area contributed by atoms with Gasteiger partial charge >= 0.3 is 0 Å². The topological polar surface area (TPSA) is 27.1 Å². The van der Waals surface area contributed by atoms with Gasteiger partial charge in [-0.05, 0) is 42.4 Å². The molecule has 0 saturated heterocycles. The van der Waals surface area contributed by atoms with Crippen LogP contribution in [0.25, 0.3) is 0 Å². The Hall–Kier alpha value is -0.100. The van der Waals surface area contributed by atoms with E-state index < -0.39 is 0 Å². The summed E-state index contributed by atoms with van der Waals surface area (Å²) in [4.78, 5) is 0. The molecule has 16 heavy (non-hydrogen) atoms. The Morgan fingerprint density at radius 2 is 2.25 bits per heavy atom. The van der Waals surface area contributed by atoms with Crippen molar-refractivity contribution in [3.8, 4) is 0 Å². The van der Waals surface area contributed by atoms with Crippen molar-refractivity contribution in [1.82, 2.24) is 9.78 Å². The molecule has 1 heterocycles. The normalized spacial score (nSPS) is 13.0. The first-order valence-corrected chi connectivity index (χ1v) is 7.08. The number of nitrogens with zero attached hydrogens (tertiary/aromatic N) is 2. The Balaban J connectivity index is 2.59. The van der Waals surface area contributed by atoms with Crippen LogP contribution in [0.1, 0.15) is 51.8 Å². The summed E-state index contributed by atoms with van der Waals surface area (Å²) in [5.41, 5.74) is 1.21.